The number of alkyl halides is 3. The van der Waals surface area contributed by atoms with Crippen molar-refractivity contribution >= 4 is 5.69 Å². The number of fused-ring (bicyclic) bond motifs is 3. The Morgan fingerprint density at radius 2 is 2.00 bits per heavy atom. The van der Waals surface area contributed by atoms with Crippen molar-refractivity contribution in [3.8, 4) is 6.07 Å². The minimum atomic E-state index is -4.38. The number of anilines is 1. The van der Waals surface area contributed by atoms with E-state index >= 15 is 0 Å². The van der Waals surface area contributed by atoms with Crippen LogP contribution in [0.3, 0.4) is 0 Å². The molecule has 1 N–H and O–H groups in total. The lowest BCUT2D eigenvalue weighted by Gasteiger charge is -2.43. The summed E-state index contributed by atoms with van der Waals surface area (Å²) in [6, 6.07) is 13.2. The zero-order valence-electron chi connectivity index (χ0n) is 13.9. The van der Waals surface area contributed by atoms with E-state index < -0.39 is 11.7 Å². The molecule has 1 saturated heterocycles. The fourth-order valence-corrected chi connectivity index (χ4v) is 3.98. The molecule has 0 amide bonds. The van der Waals surface area contributed by atoms with Gasteiger partial charge in [-0.05, 0) is 48.7 Å². The number of hydrogen-bond donors (Lipinski definition) is 1. The maximum absolute atomic E-state index is 13.1. The topological polar surface area (TPSA) is 45.0 Å². The molecule has 2 aliphatic rings. The molecule has 0 unspecified atom stereocenters. The summed E-state index contributed by atoms with van der Waals surface area (Å²) in [7, 11) is 0. The lowest BCUT2D eigenvalue weighted by Crippen LogP contribution is -2.36. The number of rotatable bonds is 1. The van der Waals surface area contributed by atoms with Crippen LogP contribution in [0.25, 0.3) is 0 Å². The molecule has 3 atom stereocenters. The highest BCUT2D eigenvalue weighted by molar-refractivity contribution is 5.59. The SMILES string of the molecule is N#Cc1cccc([C@@H]2Nc3ccc(C(F)(F)F)cc3[C@H]3OCCC[C@H]32)c1. The predicted molar refractivity (Wildman–Crippen MR) is 90.4 cm³/mol. The molecule has 2 aromatic rings. The van der Waals surface area contributed by atoms with E-state index in [1.165, 1.54) is 12.1 Å². The van der Waals surface area contributed by atoms with Gasteiger partial charge in [0.2, 0.25) is 0 Å². The van der Waals surface area contributed by atoms with Gasteiger partial charge in [0.05, 0.1) is 29.3 Å². The molecule has 3 nitrogen and oxygen atoms in total. The Morgan fingerprint density at radius 1 is 1.15 bits per heavy atom. The van der Waals surface area contributed by atoms with E-state index in [4.69, 9.17) is 10.00 Å². The van der Waals surface area contributed by atoms with Gasteiger partial charge in [-0.15, -0.1) is 0 Å². The molecule has 0 bridgehead atoms. The first kappa shape index (κ1) is 16.9. The predicted octanol–water partition coefficient (Wildman–Crippen LogP) is 5.21. The molecule has 2 aliphatic heterocycles. The second-order valence-corrected chi connectivity index (χ2v) is 6.76. The summed E-state index contributed by atoms with van der Waals surface area (Å²) in [4.78, 5) is 0. The van der Waals surface area contributed by atoms with Crippen molar-refractivity contribution in [3.63, 3.8) is 0 Å². The monoisotopic (exact) mass is 358 g/mol. The van der Waals surface area contributed by atoms with Crippen LogP contribution in [-0.4, -0.2) is 6.61 Å². The van der Waals surface area contributed by atoms with Gasteiger partial charge in [-0.2, -0.15) is 18.4 Å². The minimum absolute atomic E-state index is 0.0219. The maximum Gasteiger partial charge on any atom is 0.416 e. The molecule has 4 rings (SSSR count). The Morgan fingerprint density at radius 3 is 2.77 bits per heavy atom. The van der Waals surface area contributed by atoms with Gasteiger partial charge in [-0.1, -0.05) is 12.1 Å². The third kappa shape index (κ3) is 2.93. The van der Waals surface area contributed by atoms with Crippen LogP contribution in [0.15, 0.2) is 42.5 Å². The number of ether oxygens (including phenoxy) is 1. The lowest BCUT2D eigenvalue weighted by atomic mass is 9.77. The van der Waals surface area contributed by atoms with Gasteiger partial charge in [-0.3, -0.25) is 0 Å². The van der Waals surface area contributed by atoms with Gasteiger partial charge in [0.25, 0.3) is 0 Å². The molecule has 0 aromatic heterocycles. The van der Waals surface area contributed by atoms with Gasteiger partial charge in [0, 0.05) is 23.8 Å². The molecule has 2 heterocycles. The Balaban J connectivity index is 1.78. The summed E-state index contributed by atoms with van der Waals surface area (Å²) in [6.45, 7) is 0.543. The first-order valence-corrected chi connectivity index (χ1v) is 8.57. The molecule has 6 heteroatoms. The van der Waals surface area contributed by atoms with Crippen molar-refractivity contribution in [3.05, 3.63) is 64.7 Å². The van der Waals surface area contributed by atoms with Gasteiger partial charge >= 0.3 is 6.18 Å². The first-order chi connectivity index (χ1) is 12.5. The highest BCUT2D eigenvalue weighted by atomic mass is 19.4. The van der Waals surface area contributed by atoms with Crippen LogP contribution in [-0.2, 0) is 10.9 Å². The van der Waals surface area contributed by atoms with Crippen LogP contribution in [0.5, 0.6) is 0 Å². The summed E-state index contributed by atoms with van der Waals surface area (Å²) in [5.74, 6) is 0.0219. The zero-order chi connectivity index (χ0) is 18.3. The number of nitriles is 1. The van der Waals surface area contributed by atoms with Crippen molar-refractivity contribution in [2.75, 3.05) is 11.9 Å². The molecule has 0 radical (unpaired) electrons. The third-order valence-corrected chi connectivity index (χ3v) is 5.17. The second kappa shape index (κ2) is 6.33. The second-order valence-electron chi connectivity index (χ2n) is 6.76. The van der Waals surface area contributed by atoms with E-state index in [0.717, 1.165) is 24.5 Å². The van der Waals surface area contributed by atoms with E-state index in [2.05, 4.69) is 11.4 Å². The Labute approximate surface area is 149 Å². The van der Waals surface area contributed by atoms with Crippen LogP contribution in [0.2, 0.25) is 0 Å². The van der Waals surface area contributed by atoms with Crippen LogP contribution >= 0.6 is 0 Å². The van der Waals surface area contributed by atoms with E-state index in [0.29, 0.717) is 23.4 Å². The Bertz CT molecular complexity index is 872. The Hall–Kier alpha value is -2.52. The van der Waals surface area contributed by atoms with Crippen LogP contribution in [0.1, 0.15) is 47.2 Å². The van der Waals surface area contributed by atoms with Crippen LogP contribution in [0, 0.1) is 17.2 Å². The number of nitrogens with one attached hydrogen (secondary N) is 1. The fourth-order valence-electron chi connectivity index (χ4n) is 3.98. The summed E-state index contributed by atoms with van der Waals surface area (Å²) in [5, 5.41) is 12.5. The number of hydrogen-bond acceptors (Lipinski definition) is 3. The molecular weight excluding hydrogens is 341 g/mol. The number of halogens is 3. The van der Waals surface area contributed by atoms with Gasteiger partial charge in [-0.25, -0.2) is 0 Å². The first-order valence-electron chi connectivity index (χ1n) is 8.57. The molecule has 26 heavy (non-hydrogen) atoms. The van der Waals surface area contributed by atoms with Crippen molar-refractivity contribution < 1.29 is 17.9 Å². The van der Waals surface area contributed by atoms with Gasteiger partial charge in [0.1, 0.15) is 0 Å². The van der Waals surface area contributed by atoms with Crippen molar-refractivity contribution in [2.45, 2.75) is 31.2 Å². The molecule has 0 aliphatic carbocycles. The van der Waals surface area contributed by atoms with E-state index in [9.17, 15) is 13.2 Å². The van der Waals surface area contributed by atoms with Gasteiger partial charge < -0.3 is 10.1 Å². The fraction of sp³-hybridized carbons (Fsp3) is 0.350. The quantitative estimate of drug-likeness (QED) is 0.761. The summed E-state index contributed by atoms with van der Waals surface area (Å²) < 4.78 is 45.3. The summed E-state index contributed by atoms with van der Waals surface area (Å²) in [6.07, 6.45) is -3.03. The van der Waals surface area contributed by atoms with Crippen LogP contribution in [0.4, 0.5) is 18.9 Å². The molecule has 0 spiro atoms. The average molecular weight is 358 g/mol. The maximum atomic E-state index is 13.1. The molecule has 1 fully saturated rings. The standard InChI is InChI=1S/C20H17F3N2O/c21-20(22,23)14-6-7-17-16(10-14)19-15(5-2-8-26-19)18(25-17)13-4-1-3-12(9-13)11-24/h1,3-4,6-7,9-10,15,18-19,25H,2,5,8H2/t15-,18-,19-/m0/s1. The van der Waals surface area contributed by atoms with E-state index in [1.54, 1.807) is 6.07 Å². The Kier molecular flexibility index (Phi) is 4.12. The minimum Gasteiger partial charge on any atom is -0.378 e. The van der Waals surface area contributed by atoms with Gasteiger partial charge in [0.15, 0.2) is 0 Å². The molecule has 134 valence electrons. The van der Waals surface area contributed by atoms with Crippen molar-refractivity contribution in [1.29, 1.82) is 5.26 Å². The average Bonchev–Trinajstić information content (AvgIpc) is 2.66. The van der Waals surface area contributed by atoms with E-state index in [1.807, 2.05) is 18.2 Å². The highest BCUT2D eigenvalue weighted by Crippen LogP contribution is 2.50. The van der Waals surface area contributed by atoms with Crippen molar-refractivity contribution in [1.82, 2.24) is 0 Å². The largest absolute Gasteiger partial charge is 0.416 e. The zero-order valence-corrected chi connectivity index (χ0v) is 13.9. The summed E-state index contributed by atoms with van der Waals surface area (Å²) in [5.41, 5.74) is 2.09. The number of nitrogens with zero attached hydrogens (tertiary/aromatic N) is 1. The number of benzene rings is 2. The molecule has 0 saturated carbocycles. The third-order valence-electron chi connectivity index (χ3n) is 5.17. The van der Waals surface area contributed by atoms with Crippen LogP contribution < -0.4 is 5.32 Å². The molecular formula is C20H17F3N2O. The smallest absolute Gasteiger partial charge is 0.378 e. The normalized spacial score (nSPS) is 24.8. The lowest BCUT2D eigenvalue weighted by molar-refractivity contribution is -0.137. The summed E-state index contributed by atoms with van der Waals surface area (Å²) >= 11 is 0. The highest BCUT2D eigenvalue weighted by Gasteiger charge is 2.41. The van der Waals surface area contributed by atoms with Crippen molar-refractivity contribution in [2.24, 2.45) is 5.92 Å². The molecule has 2 aromatic carbocycles. The van der Waals surface area contributed by atoms with E-state index in [-0.39, 0.29) is 18.1 Å².